The number of fused-ring (bicyclic) bond motifs is 1. The van der Waals surface area contributed by atoms with Gasteiger partial charge >= 0.3 is 6.18 Å². The number of amides is 2. The Bertz CT molecular complexity index is 1630. The molecule has 41 heavy (non-hydrogen) atoms. The number of carbonyl (C=O) groups is 2. The largest absolute Gasteiger partial charge is 0.417 e. The number of hydrogen-bond donors (Lipinski definition) is 2. The lowest BCUT2D eigenvalue weighted by atomic mass is 10.0. The van der Waals surface area contributed by atoms with E-state index in [1.54, 1.807) is 30.3 Å². The fraction of sp³-hybridized carbons (Fsp3) is 0.241. The molecule has 0 spiro atoms. The van der Waals surface area contributed by atoms with Gasteiger partial charge in [0.25, 0.3) is 5.91 Å². The van der Waals surface area contributed by atoms with E-state index in [1.165, 1.54) is 42.4 Å². The molecule has 0 saturated carbocycles. The number of thiophene rings is 1. The Morgan fingerprint density at radius 3 is 2.59 bits per heavy atom. The third-order valence-electron chi connectivity index (χ3n) is 6.66. The van der Waals surface area contributed by atoms with Gasteiger partial charge in [-0.25, -0.2) is 9.37 Å². The lowest BCUT2D eigenvalue weighted by Crippen LogP contribution is -2.31. The van der Waals surface area contributed by atoms with Gasteiger partial charge in [-0.05, 0) is 66.4 Å². The van der Waals surface area contributed by atoms with Gasteiger partial charge in [-0.3, -0.25) is 14.6 Å². The van der Waals surface area contributed by atoms with Crippen LogP contribution in [0, 0.1) is 0 Å². The first-order chi connectivity index (χ1) is 19.4. The van der Waals surface area contributed by atoms with Crippen molar-refractivity contribution in [2.24, 2.45) is 0 Å². The summed E-state index contributed by atoms with van der Waals surface area (Å²) >= 11 is 0.949. The normalized spacial score (nSPS) is 17.4. The molecule has 3 aromatic heterocycles. The van der Waals surface area contributed by atoms with Gasteiger partial charge in [0.2, 0.25) is 5.91 Å². The van der Waals surface area contributed by atoms with Gasteiger partial charge < -0.3 is 16.0 Å². The van der Waals surface area contributed by atoms with Crippen molar-refractivity contribution in [1.82, 2.24) is 20.2 Å². The number of anilines is 1. The highest BCUT2D eigenvalue weighted by molar-refractivity contribution is 7.19. The number of halogens is 4. The molecule has 0 radical (unpaired) electrons. The number of benzene rings is 1. The molecule has 1 aliphatic rings. The Kier molecular flexibility index (Phi) is 7.52. The van der Waals surface area contributed by atoms with Crippen molar-refractivity contribution in [2.45, 2.75) is 31.7 Å². The summed E-state index contributed by atoms with van der Waals surface area (Å²) in [4.78, 5) is 35.1. The Morgan fingerprint density at radius 1 is 1.15 bits per heavy atom. The number of likely N-dealkylation sites (tertiary alicyclic amines) is 1. The molecular weight excluding hydrogens is 558 g/mol. The number of hydrogen-bond acceptors (Lipinski definition) is 6. The monoisotopic (exact) mass is 583 g/mol. The number of nitrogens with one attached hydrogen (secondary N) is 1. The summed E-state index contributed by atoms with van der Waals surface area (Å²) in [5.74, 6) is -0.439. The van der Waals surface area contributed by atoms with Crippen molar-refractivity contribution in [3.05, 3.63) is 82.5 Å². The molecule has 4 heterocycles. The maximum atomic E-state index is 14.2. The summed E-state index contributed by atoms with van der Waals surface area (Å²) in [7, 11) is 0. The first-order valence-electron chi connectivity index (χ1n) is 12.6. The van der Waals surface area contributed by atoms with Crippen molar-refractivity contribution in [1.29, 1.82) is 0 Å². The van der Waals surface area contributed by atoms with E-state index in [-0.39, 0.29) is 53.5 Å². The van der Waals surface area contributed by atoms with E-state index in [9.17, 15) is 27.2 Å². The number of carbonyl (C=O) groups excluding carboxylic acids is 2. The predicted octanol–water partition coefficient (Wildman–Crippen LogP) is 5.86. The molecule has 1 saturated heterocycles. The van der Waals surface area contributed by atoms with Gasteiger partial charge in [0.1, 0.15) is 11.5 Å². The van der Waals surface area contributed by atoms with Crippen molar-refractivity contribution in [2.75, 3.05) is 18.8 Å². The van der Waals surface area contributed by atoms with E-state index >= 15 is 0 Å². The number of nitrogen functional groups attached to an aromatic ring is 1. The maximum absolute atomic E-state index is 14.2. The second-order valence-corrected chi connectivity index (χ2v) is 11.2. The fourth-order valence-corrected chi connectivity index (χ4v) is 5.66. The Morgan fingerprint density at radius 2 is 1.95 bits per heavy atom. The minimum absolute atomic E-state index is 0.0174. The van der Waals surface area contributed by atoms with Gasteiger partial charge in [0, 0.05) is 46.6 Å². The highest BCUT2D eigenvalue weighted by atomic mass is 32.1. The maximum Gasteiger partial charge on any atom is 0.417 e. The number of aromatic nitrogens is 2. The van der Waals surface area contributed by atoms with E-state index in [2.05, 4.69) is 15.3 Å². The third-order valence-corrected chi connectivity index (χ3v) is 7.85. The minimum atomic E-state index is -4.62. The summed E-state index contributed by atoms with van der Waals surface area (Å²) in [6.07, 6.45) is 1.28. The average molecular weight is 584 g/mol. The van der Waals surface area contributed by atoms with Gasteiger partial charge in [-0.2, -0.15) is 13.2 Å². The molecule has 4 aromatic rings. The standard InChI is InChI=1S/C29H25F4N5O2S/c1-28(30)8-9-38(16-28)27(40)18-4-5-23(35-14-18)19-10-20-11-21(41-26(20)22(12-19)29(31,32)33)15-37-25(39)7-3-17-2-6-24(34)36-13-17/h2-7,10-14H,8-9,15-16H2,1H3,(H2,34,36)(H,37,39)/b7-3+. The zero-order valence-electron chi connectivity index (χ0n) is 21.8. The smallest absolute Gasteiger partial charge is 0.384 e. The molecule has 5 rings (SSSR count). The lowest BCUT2D eigenvalue weighted by molar-refractivity contribution is -0.136. The fourth-order valence-electron chi connectivity index (χ4n) is 4.54. The molecule has 0 bridgehead atoms. The lowest BCUT2D eigenvalue weighted by Gasteiger charge is -2.17. The van der Waals surface area contributed by atoms with Crippen LogP contribution in [0.5, 0.6) is 0 Å². The first-order valence-corrected chi connectivity index (χ1v) is 13.5. The molecule has 3 N–H and O–H groups in total. The van der Waals surface area contributed by atoms with Crippen molar-refractivity contribution < 1.29 is 27.2 Å². The molecule has 1 aromatic carbocycles. The zero-order valence-corrected chi connectivity index (χ0v) is 22.7. The van der Waals surface area contributed by atoms with Crippen molar-refractivity contribution in [3.8, 4) is 11.3 Å². The topological polar surface area (TPSA) is 101 Å². The van der Waals surface area contributed by atoms with Crippen LogP contribution >= 0.6 is 11.3 Å². The quantitative estimate of drug-likeness (QED) is 0.219. The first kappa shape index (κ1) is 28.2. The molecule has 212 valence electrons. The van der Waals surface area contributed by atoms with Crippen LogP contribution in [-0.2, 0) is 17.5 Å². The SMILES string of the molecule is CC1(F)CCN(C(=O)c2ccc(-c3cc(C(F)(F)F)c4sc(CNC(=O)/C=C/c5ccc(N)nc5)cc4c3)nc2)C1. The molecule has 7 nitrogen and oxygen atoms in total. The van der Waals surface area contributed by atoms with Crippen LogP contribution in [0.15, 0.2) is 60.9 Å². The minimum Gasteiger partial charge on any atom is -0.384 e. The van der Waals surface area contributed by atoms with Crippen LogP contribution in [0.2, 0.25) is 0 Å². The number of pyridine rings is 2. The van der Waals surface area contributed by atoms with Gasteiger partial charge in [-0.1, -0.05) is 0 Å². The van der Waals surface area contributed by atoms with Crippen LogP contribution in [0.3, 0.4) is 0 Å². The highest BCUT2D eigenvalue weighted by Gasteiger charge is 2.36. The van der Waals surface area contributed by atoms with Crippen LogP contribution in [0.1, 0.15) is 39.7 Å². The number of rotatable bonds is 6. The second-order valence-electron chi connectivity index (χ2n) is 10.0. The predicted molar refractivity (Wildman–Crippen MR) is 150 cm³/mol. The van der Waals surface area contributed by atoms with E-state index in [1.807, 2.05) is 0 Å². The second kappa shape index (κ2) is 10.9. The molecule has 1 atom stereocenters. The van der Waals surface area contributed by atoms with Gasteiger partial charge in [-0.15, -0.1) is 11.3 Å². The van der Waals surface area contributed by atoms with Gasteiger partial charge in [0.05, 0.1) is 29.9 Å². The Labute approximate surface area is 236 Å². The van der Waals surface area contributed by atoms with Crippen LogP contribution < -0.4 is 11.1 Å². The molecule has 1 fully saturated rings. The molecule has 1 aliphatic heterocycles. The highest BCUT2D eigenvalue weighted by Crippen LogP contribution is 2.41. The third kappa shape index (κ3) is 6.54. The van der Waals surface area contributed by atoms with E-state index < -0.39 is 23.3 Å². The zero-order chi connectivity index (χ0) is 29.4. The number of nitrogens with zero attached hydrogens (tertiary/aromatic N) is 3. The van der Waals surface area contributed by atoms with Crippen LogP contribution in [0.25, 0.3) is 27.4 Å². The van der Waals surface area contributed by atoms with Crippen LogP contribution in [0.4, 0.5) is 23.4 Å². The number of alkyl halides is 4. The van der Waals surface area contributed by atoms with Crippen LogP contribution in [-0.4, -0.2) is 45.4 Å². The summed E-state index contributed by atoms with van der Waals surface area (Å²) in [6, 6.07) is 10.5. The molecule has 0 aliphatic carbocycles. The van der Waals surface area contributed by atoms with Gasteiger partial charge in [0.15, 0.2) is 0 Å². The summed E-state index contributed by atoms with van der Waals surface area (Å²) in [5, 5.41) is 3.03. The summed E-state index contributed by atoms with van der Waals surface area (Å²) < 4.78 is 56.3. The molecule has 1 unspecified atom stereocenters. The number of nitrogens with two attached hydrogens (primary N) is 1. The van der Waals surface area contributed by atoms with Crippen molar-refractivity contribution >= 4 is 45.1 Å². The van der Waals surface area contributed by atoms with E-state index in [0.717, 1.165) is 17.4 Å². The van der Waals surface area contributed by atoms with E-state index in [0.29, 0.717) is 21.6 Å². The molecular formula is C29H25F4N5O2S. The average Bonchev–Trinajstić information content (AvgIpc) is 3.52. The van der Waals surface area contributed by atoms with E-state index in [4.69, 9.17) is 5.73 Å². The summed E-state index contributed by atoms with van der Waals surface area (Å²) in [5.41, 5.74) is 4.68. The Hall–Kier alpha value is -4.32. The molecule has 2 amide bonds. The molecule has 12 heteroatoms. The Balaban J connectivity index is 1.34. The summed E-state index contributed by atoms with van der Waals surface area (Å²) in [6.45, 7) is 1.75. The van der Waals surface area contributed by atoms with Crippen molar-refractivity contribution in [3.63, 3.8) is 0 Å².